The fourth-order valence-electron chi connectivity index (χ4n) is 1.56. The maximum atomic E-state index is 9.65. The maximum absolute atomic E-state index is 9.65. The lowest BCUT2D eigenvalue weighted by Crippen LogP contribution is -2.31. The summed E-state index contributed by atoms with van der Waals surface area (Å²) >= 11 is 0. The van der Waals surface area contributed by atoms with E-state index in [0.717, 1.165) is 18.6 Å². The molecule has 1 aliphatic rings. The minimum absolute atomic E-state index is 0.189. The molecule has 2 atom stereocenters. The Bertz CT molecular complexity index is 305. The van der Waals surface area contributed by atoms with Gasteiger partial charge in [0.15, 0.2) is 0 Å². The molecule has 0 fully saturated rings. The maximum Gasteiger partial charge on any atom is 0.143 e. The summed E-state index contributed by atoms with van der Waals surface area (Å²) in [5.41, 5.74) is 0. The second-order valence-corrected chi connectivity index (χ2v) is 3.47. The largest absolute Gasteiger partial charge is 0.484 e. The predicted octanol–water partition coefficient (Wildman–Crippen LogP) is 2.14. The highest BCUT2D eigenvalue weighted by atomic mass is 16.5. The van der Waals surface area contributed by atoms with E-state index in [1.54, 1.807) is 0 Å². The summed E-state index contributed by atoms with van der Waals surface area (Å²) in [5.74, 6) is 0.808. The Hall–Kier alpha value is -1.28. The van der Waals surface area contributed by atoms with E-state index < -0.39 is 0 Å². The first-order chi connectivity index (χ1) is 6.86. The molecule has 0 amide bonds. The molecule has 2 nitrogen and oxygen atoms in total. The average molecular weight is 190 g/mol. The van der Waals surface area contributed by atoms with Gasteiger partial charge in [0.05, 0.1) is 6.10 Å². The van der Waals surface area contributed by atoms with Crippen molar-refractivity contribution >= 4 is 0 Å². The van der Waals surface area contributed by atoms with Crippen molar-refractivity contribution in [3.63, 3.8) is 0 Å². The summed E-state index contributed by atoms with van der Waals surface area (Å²) in [5, 5.41) is 9.65. The molecule has 1 aromatic rings. The molecular formula is C12H14O2. The summed E-state index contributed by atoms with van der Waals surface area (Å²) in [4.78, 5) is 0. The highest BCUT2D eigenvalue weighted by Crippen LogP contribution is 2.18. The number of rotatable bonds is 2. The van der Waals surface area contributed by atoms with Crippen molar-refractivity contribution in [3.05, 3.63) is 42.5 Å². The minimum Gasteiger partial charge on any atom is -0.484 e. The Labute approximate surface area is 83.8 Å². The zero-order chi connectivity index (χ0) is 9.80. The molecule has 14 heavy (non-hydrogen) atoms. The second-order valence-electron chi connectivity index (χ2n) is 3.47. The van der Waals surface area contributed by atoms with E-state index in [4.69, 9.17) is 4.74 Å². The first-order valence-electron chi connectivity index (χ1n) is 4.93. The fourth-order valence-corrected chi connectivity index (χ4v) is 1.56. The monoisotopic (exact) mass is 190 g/mol. The van der Waals surface area contributed by atoms with Crippen LogP contribution in [0.1, 0.15) is 12.8 Å². The van der Waals surface area contributed by atoms with E-state index in [2.05, 4.69) is 6.08 Å². The van der Waals surface area contributed by atoms with Gasteiger partial charge < -0.3 is 9.84 Å². The minimum atomic E-state index is -0.375. The van der Waals surface area contributed by atoms with Crippen LogP contribution in [0.15, 0.2) is 42.5 Å². The van der Waals surface area contributed by atoms with Crippen molar-refractivity contribution in [1.82, 2.24) is 0 Å². The number of ether oxygens (including phenoxy) is 1. The molecule has 0 saturated carbocycles. The van der Waals surface area contributed by atoms with Crippen molar-refractivity contribution in [2.45, 2.75) is 25.0 Å². The van der Waals surface area contributed by atoms with Gasteiger partial charge in [-0.3, -0.25) is 0 Å². The number of benzene rings is 1. The Morgan fingerprint density at radius 3 is 2.71 bits per heavy atom. The zero-order valence-electron chi connectivity index (χ0n) is 7.97. The molecule has 74 valence electrons. The van der Waals surface area contributed by atoms with Crippen molar-refractivity contribution in [1.29, 1.82) is 0 Å². The van der Waals surface area contributed by atoms with Gasteiger partial charge in [-0.05, 0) is 31.1 Å². The van der Waals surface area contributed by atoms with E-state index in [-0.39, 0.29) is 12.2 Å². The standard InChI is InChI=1S/C12H14O2/c13-11-8-4-5-9-12(11)14-10-6-2-1-3-7-10/h1-3,5-7,9,11-13H,4,8H2. The molecule has 1 aromatic carbocycles. The highest BCUT2D eigenvalue weighted by Gasteiger charge is 2.20. The van der Waals surface area contributed by atoms with E-state index in [1.807, 2.05) is 36.4 Å². The molecule has 0 radical (unpaired) electrons. The second kappa shape index (κ2) is 4.29. The normalized spacial score (nSPS) is 26.1. The van der Waals surface area contributed by atoms with Crippen LogP contribution in [0.3, 0.4) is 0 Å². The van der Waals surface area contributed by atoms with Gasteiger partial charge in [0.25, 0.3) is 0 Å². The van der Waals surface area contributed by atoms with Crippen LogP contribution in [-0.4, -0.2) is 17.3 Å². The van der Waals surface area contributed by atoms with Gasteiger partial charge in [0.1, 0.15) is 11.9 Å². The van der Waals surface area contributed by atoms with Crippen LogP contribution in [0.5, 0.6) is 5.75 Å². The summed E-state index contributed by atoms with van der Waals surface area (Å²) in [7, 11) is 0. The van der Waals surface area contributed by atoms with Gasteiger partial charge in [-0.25, -0.2) is 0 Å². The van der Waals surface area contributed by atoms with Gasteiger partial charge in [-0.15, -0.1) is 0 Å². The van der Waals surface area contributed by atoms with Gasteiger partial charge in [-0.2, -0.15) is 0 Å². The lowest BCUT2D eigenvalue weighted by Gasteiger charge is -2.23. The quantitative estimate of drug-likeness (QED) is 0.724. The van der Waals surface area contributed by atoms with Crippen molar-refractivity contribution < 1.29 is 9.84 Å². The summed E-state index contributed by atoms with van der Waals surface area (Å²) in [6.45, 7) is 0. The molecule has 0 saturated heterocycles. The molecular weight excluding hydrogens is 176 g/mol. The van der Waals surface area contributed by atoms with Gasteiger partial charge in [-0.1, -0.05) is 24.3 Å². The number of hydrogen-bond donors (Lipinski definition) is 1. The third kappa shape index (κ3) is 2.15. The summed E-state index contributed by atoms with van der Waals surface area (Å²) < 4.78 is 5.63. The van der Waals surface area contributed by atoms with E-state index in [9.17, 15) is 5.11 Å². The van der Waals surface area contributed by atoms with Crippen molar-refractivity contribution in [3.8, 4) is 5.75 Å². The van der Waals surface area contributed by atoms with E-state index in [1.165, 1.54) is 0 Å². The van der Waals surface area contributed by atoms with Gasteiger partial charge >= 0.3 is 0 Å². The van der Waals surface area contributed by atoms with E-state index >= 15 is 0 Å². The van der Waals surface area contributed by atoms with Crippen LogP contribution in [0.25, 0.3) is 0 Å². The Kier molecular flexibility index (Phi) is 2.84. The Morgan fingerprint density at radius 2 is 2.00 bits per heavy atom. The number of para-hydroxylation sites is 1. The van der Waals surface area contributed by atoms with Crippen LogP contribution < -0.4 is 4.74 Å². The molecule has 1 N–H and O–H groups in total. The zero-order valence-corrected chi connectivity index (χ0v) is 7.97. The molecule has 0 aromatic heterocycles. The molecule has 2 rings (SSSR count). The first-order valence-corrected chi connectivity index (χ1v) is 4.93. The van der Waals surface area contributed by atoms with Gasteiger partial charge in [0, 0.05) is 0 Å². The Balaban J connectivity index is 2.03. The summed E-state index contributed by atoms with van der Waals surface area (Å²) in [6, 6.07) is 9.59. The van der Waals surface area contributed by atoms with Crippen LogP contribution in [0, 0.1) is 0 Å². The van der Waals surface area contributed by atoms with Crippen molar-refractivity contribution in [2.24, 2.45) is 0 Å². The first kappa shape index (κ1) is 9.28. The van der Waals surface area contributed by atoms with Crippen LogP contribution in [-0.2, 0) is 0 Å². The number of allylic oxidation sites excluding steroid dienone is 1. The molecule has 0 spiro atoms. The third-order valence-corrected chi connectivity index (χ3v) is 2.35. The number of hydrogen-bond acceptors (Lipinski definition) is 2. The molecule has 2 unspecified atom stereocenters. The van der Waals surface area contributed by atoms with Gasteiger partial charge in [0.2, 0.25) is 0 Å². The average Bonchev–Trinajstić information content (AvgIpc) is 2.23. The van der Waals surface area contributed by atoms with Crippen LogP contribution in [0.2, 0.25) is 0 Å². The predicted molar refractivity (Wildman–Crippen MR) is 55.2 cm³/mol. The van der Waals surface area contributed by atoms with E-state index in [0.29, 0.717) is 0 Å². The SMILES string of the molecule is OC1CCC=CC1Oc1ccccc1. The summed E-state index contributed by atoms with van der Waals surface area (Å²) in [6.07, 6.45) is 5.15. The number of aliphatic hydroxyl groups excluding tert-OH is 1. The molecule has 1 aliphatic carbocycles. The van der Waals surface area contributed by atoms with Crippen LogP contribution >= 0.6 is 0 Å². The smallest absolute Gasteiger partial charge is 0.143 e. The molecule has 2 heteroatoms. The topological polar surface area (TPSA) is 29.5 Å². The molecule has 0 bridgehead atoms. The van der Waals surface area contributed by atoms with Crippen LogP contribution in [0.4, 0.5) is 0 Å². The number of aliphatic hydroxyl groups is 1. The fraction of sp³-hybridized carbons (Fsp3) is 0.333. The lowest BCUT2D eigenvalue weighted by atomic mass is 10.0. The highest BCUT2D eigenvalue weighted by molar-refractivity contribution is 5.22. The molecule has 0 heterocycles. The molecule has 0 aliphatic heterocycles. The Morgan fingerprint density at radius 1 is 1.21 bits per heavy atom. The third-order valence-electron chi connectivity index (χ3n) is 2.35. The van der Waals surface area contributed by atoms with Crippen molar-refractivity contribution in [2.75, 3.05) is 0 Å². The lowest BCUT2D eigenvalue weighted by molar-refractivity contribution is 0.0535.